The number of phenolic OH excluding ortho intramolecular Hbond substituents is 1. The maximum absolute atomic E-state index is 10.7. The number of aromatic hydroxyl groups is 1. The molecule has 2 aliphatic heterocycles. The Bertz CT molecular complexity index is 531. The number of aliphatic carboxylic acids is 1. The molecule has 2 N–H and O–H groups in total. The van der Waals surface area contributed by atoms with Gasteiger partial charge in [0.25, 0.3) is 0 Å². The second-order valence-electron chi connectivity index (χ2n) is 5.98. The van der Waals surface area contributed by atoms with E-state index in [2.05, 4.69) is 4.90 Å². The van der Waals surface area contributed by atoms with Gasteiger partial charge in [0.1, 0.15) is 18.1 Å². The summed E-state index contributed by atoms with van der Waals surface area (Å²) < 4.78 is 5.68. The minimum Gasteiger partial charge on any atom is -0.508 e. The molecule has 0 aromatic heterocycles. The zero-order chi connectivity index (χ0) is 14.8. The van der Waals surface area contributed by atoms with E-state index in [4.69, 9.17) is 9.84 Å². The molecule has 0 spiro atoms. The van der Waals surface area contributed by atoms with Crippen LogP contribution < -0.4 is 4.74 Å². The molecule has 0 radical (unpaired) electrons. The minimum absolute atomic E-state index is 0.229. The highest BCUT2D eigenvalue weighted by atomic mass is 16.5. The fourth-order valence-electron chi connectivity index (χ4n) is 3.43. The molecule has 0 bridgehead atoms. The number of carbonyl (C=O) groups is 1. The van der Waals surface area contributed by atoms with Crippen molar-refractivity contribution in [3.63, 3.8) is 0 Å². The van der Waals surface area contributed by atoms with Gasteiger partial charge >= 0.3 is 5.97 Å². The normalized spacial score (nSPS) is 25.3. The number of piperidine rings is 1. The van der Waals surface area contributed by atoms with Gasteiger partial charge in [-0.3, -0.25) is 9.69 Å². The van der Waals surface area contributed by atoms with Gasteiger partial charge in [0, 0.05) is 24.6 Å². The average Bonchev–Trinajstić information content (AvgIpc) is 2.88. The molecular formula is C16H21NO4. The Morgan fingerprint density at radius 3 is 3.10 bits per heavy atom. The van der Waals surface area contributed by atoms with E-state index >= 15 is 0 Å². The number of likely N-dealkylation sites (tertiary alicyclic amines) is 1. The highest BCUT2D eigenvalue weighted by molar-refractivity contribution is 5.66. The van der Waals surface area contributed by atoms with Crippen LogP contribution in [0.4, 0.5) is 0 Å². The number of hydrogen-bond donors (Lipinski definition) is 2. The molecule has 21 heavy (non-hydrogen) atoms. The van der Waals surface area contributed by atoms with Crippen molar-refractivity contribution < 1.29 is 19.7 Å². The third-order valence-corrected chi connectivity index (χ3v) is 4.51. The maximum Gasteiger partial charge on any atom is 0.303 e. The zero-order valence-electron chi connectivity index (χ0n) is 12.0. The minimum atomic E-state index is -0.711. The van der Waals surface area contributed by atoms with Crippen LogP contribution in [0.3, 0.4) is 0 Å². The SMILES string of the molecule is O=C(O)CCC1CCCN(C2COc3cc(O)ccc32)C1. The number of fused-ring (bicyclic) bond motifs is 1. The van der Waals surface area contributed by atoms with Crippen LogP contribution in [-0.4, -0.2) is 40.8 Å². The molecular weight excluding hydrogens is 270 g/mol. The molecule has 1 saturated heterocycles. The van der Waals surface area contributed by atoms with Gasteiger partial charge < -0.3 is 14.9 Å². The van der Waals surface area contributed by atoms with E-state index in [1.807, 2.05) is 6.07 Å². The van der Waals surface area contributed by atoms with Crippen molar-refractivity contribution in [1.29, 1.82) is 0 Å². The highest BCUT2D eigenvalue weighted by Gasteiger charge is 2.32. The summed E-state index contributed by atoms with van der Waals surface area (Å²) in [6.07, 6.45) is 3.22. The first-order valence-corrected chi connectivity index (χ1v) is 7.55. The van der Waals surface area contributed by atoms with Crippen molar-refractivity contribution in [2.24, 2.45) is 5.92 Å². The van der Waals surface area contributed by atoms with E-state index in [-0.39, 0.29) is 18.2 Å². The molecule has 0 amide bonds. The summed E-state index contributed by atoms with van der Waals surface area (Å²) in [5.74, 6) is 0.744. The molecule has 2 heterocycles. The van der Waals surface area contributed by atoms with E-state index < -0.39 is 5.97 Å². The van der Waals surface area contributed by atoms with Crippen molar-refractivity contribution in [1.82, 2.24) is 4.90 Å². The second kappa shape index (κ2) is 5.93. The lowest BCUT2D eigenvalue weighted by molar-refractivity contribution is -0.137. The Labute approximate surface area is 124 Å². The number of phenols is 1. The van der Waals surface area contributed by atoms with Crippen molar-refractivity contribution in [2.75, 3.05) is 19.7 Å². The number of ether oxygens (including phenoxy) is 1. The Balaban J connectivity index is 1.66. The number of benzene rings is 1. The van der Waals surface area contributed by atoms with E-state index in [0.29, 0.717) is 12.5 Å². The summed E-state index contributed by atoms with van der Waals surface area (Å²) in [7, 11) is 0. The van der Waals surface area contributed by atoms with Crippen molar-refractivity contribution >= 4 is 5.97 Å². The Morgan fingerprint density at radius 2 is 2.29 bits per heavy atom. The van der Waals surface area contributed by atoms with Gasteiger partial charge in [-0.05, 0) is 43.9 Å². The van der Waals surface area contributed by atoms with E-state index in [0.717, 1.165) is 43.7 Å². The van der Waals surface area contributed by atoms with Crippen LogP contribution in [0.15, 0.2) is 18.2 Å². The highest BCUT2D eigenvalue weighted by Crippen LogP contribution is 2.39. The topological polar surface area (TPSA) is 70.0 Å². The average molecular weight is 291 g/mol. The predicted octanol–water partition coefficient (Wildman–Crippen LogP) is 2.40. The third-order valence-electron chi connectivity index (χ3n) is 4.51. The Kier molecular flexibility index (Phi) is 4.01. The van der Waals surface area contributed by atoms with Gasteiger partial charge in [0.2, 0.25) is 0 Å². The number of carboxylic acid groups (broad SMARTS) is 1. The van der Waals surface area contributed by atoms with Crippen LogP contribution in [0.1, 0.15) is 37.3 Å². The Morgan fingerprint density at radius 1 is 1.43 bits per heavy atom. The maximum atomic E-state index is 10.7. The van der Waals surface area contributed by atoms with Crippen molar-refractivity contribution in [2.45, 2.75) is 31.7 Å². The largest absolute Gasteiger partial charge is 0.508 e. The predicted molar refractivity (Wildman–Crippen MR) is 77.5 cm³/mol. The molecule has 3 rings (SSSR count). The van der Waals surface area contributed by atoms with Crippen LogP contribution in [0.5, 0.6) is 11.5 Å². The van der Waals surface area contributed by atoms with Crippen LogP contribution >= 0.6 is 0 Å². The number of carboxylic acids is 1. The summed E-state index contributed by atoms with van der Waals surface area (Å²) >= 11 is 0. The lowest BCUT2D eigenvalue weighted by Crippen LogP contribution is -2.39. The summed E-state index contributed by atoms with van der Waals surface area (Å²) in [5, 5.41) is 18.3. The molecule has 1 aromatic rings. The Hall–Kier alpha value is -1.75. The molecule has 2 unspecified atom stereocenters. The first-order valence-electron chi connectivity index (χ1n) is 7.55. The van der Waals surface area contributed by atoms with Gasteiger partial charge in [-0.25, -0.2) is 0 Å². The molecule has 0 aliphatic carbocycles. The fraction of sp³-hybridized carbons (Fsp3) is 0.562. The molecule has 5 heteroatoms. The summed E-state index contributed by atoms with van der Waals surface area (Å²) in [4.78, 5) is 13.1. The van der Waals surface area contributed by atoms with E-state index in [1.165, 1.54) is 0 Å². The van der Waals surface area contributed by atoms with Crippen molar-refractivity contribution in [3.8, 4) is 11.5 Å². The number of rotatable bonds is 4. The smallest absolute Gasteiger partial charge is 0.303 e. The summed E-state index contributed by atoms with van der Waals surface area (Å²) in [6.45, 7) is 2.57. The molecule has 0 saturated carbocycles. The van der Waals surface area contributed by atoms with Crippen molar-refractivity contribution in [3.05, 3.63) is 23.8 Å². The summed E-state index contributed by atoms with van der Waals surface area (Å²) in [6, 6.07) is 5.53. The van der Waals surface area contributed by atoms with Crippen LogP contribution in [0.2, 0.25) is 0 Å². The van der Waals surface area contributed by atoms with Crippen LogP contribution in [0, 0.1) is 5.92 Å². The molecule has 5 nitrogen and oxygen atoms in total. The fourth-order valence-corrected chi connectivity index (χ4v) is 3.43. The van der Waals surface area contributed by atoms with Gasteiger partial charge in [-0.2, -0.15) is 0 Å². The van der Waals surface area contributed by atoms with Crippen LogP contribution in [0.25, 0.3) is 0 Å². The molecule has 114 valence electrons. The number of hydrogen-bond acceptors (Lipinski definition) is 4. The molecule has 2 atom stereocenters. The van der Waals surface area contributed by atoms with Gasteiger partial charge in [0.15, 0.2) is 0 Å². The first-order chi connectivity index (χ1) is 10.1. The first kappa shape index (κ1) is 14.2. The summed E-state index contributed by atoms with van der Waals surface area (Å²) in [5.41, 5.74) is 1.13. The standard InChI is InChI=1S/C16H21NO4/c18-12-4-5-13-14(10-21-15(13)8-12)17-7-1-2-11(9-17)3-6-16(19)20/h4-5,8,11,14,18H,1-3,6-7,9-10H2,(H,19,20). The quantitative estimate of drug-likeness (QED) is 0.891. The zero-order valence-corrected chi connectivity index (χ0v) is 12.0. The lowest BCUT2D eigenvalue weighted by atomic mass is 9.91. The van der Waals surface area contributed by atoms with Gasteiger partial charge in [0.05, 0.1) is 6.04 Å². The lowest BCUT2D eigenvalue weighted by Gasteiger charge is -2.36. The molecule has 1 fully saturated rings. The second-order valence-corrected chi connectivity index (χ2v) is 5.98. The van der Waals surface area contributed by atoms with E-state index in [1.54, 1.807) is 12.1 Å². The molecule has 2 aliphatic rings. The van der Waals surface area contributed by atoms with E-state index in [9.17, 15) is 9.90 Å². The third kappa shape index (κ3) is 3.13. The monoisotopic (exact) mass is 291 g/mol. The van der Waals surface area contributed by atoms with Gasteiger partial charge in [-0.15, -0.1) is 0 Å². The molecule has 1 aromatic carbocycles. The number of nitrogens with zero attached hydrogens (tertiary/aromatic N) is 1. The van der Waals surface area contributed by atoms with Crippen LogP contribution in [-0.2, 0) is 4.79 Å². The van der Waals surface area contributed by atoms with Gasteiger partial charge in [-0.1, -0.05) is 0 Å².